The number of nitrogens with zero attached hydrogens (tertiary/aromatic N) is 3. The molecule has 0 spiro atoms. The molecule has 0 aliphatic heterocycles. The molecule has 0 saturated heterocycles. The number of rotatable bonds is 5. The van der Waals surface area contributed by atoms with Gasteiger partial charge in [-0.05, 0) is 6.42 Å². The molecule has 2 aromatic heterocycles. The highest BCUT2D eigenvalue weighted by atomic mass is 35.5. The van der Waals surface area contributed by atoms with Crippen LogP contribution in [0, 0.1) is 5.95 Å². The topological polar surface area (TPSA) is 81.4 Å². The van der Waals surface area contributed by atoms with Crippen LogP contribution in [-0.2, 0) is 9.84 Å². The number of unbranched alkanes of at least 4 members (excludes halogenated alkanes) is 2. The maximum absolute atomic E-state index is 13.7. The lowest BCUT2D eigenvalue weighted by Crippen LogP contribution is -2.13. The van der Waals surface area contributed by atoms with Gasteiger partial charge in [0.2, 0.25) is 25.1 Å². The average Bonchev–Trinajstić information content (AvgIpc) is 2.81. The van der Waals surface area contributed by atoms with Crippen molar-refractivity contribution in [2.75, 3.05) is 5.75 Å². The van der Waals surface area contributed by atoms with Gasteiger partial charge in [-0.1, -0.05) is 42.7 Å². The summed E-state index contributed by atoms with van der Waals surface area (Å²) in [7, 11) is -3.60. The first kappa shape index (κ1) is 15.3. The third-order valence-electron chi connectivity index (χ3n) is 2.58. The van der Waals surface area contributed by atoms with Crippen LogP contribution in [0.25, 0.3) is 4.96 Å². The standard InChI is InChI=1S/C10H11ClFN3O3S2/c1-2-3-4-5-20(17,18)10-14-15-7(12)6(11)8(16)13-9(15)19-10/h2-5H2,1H3. The summed E-state index contributed by atoms with van der Waals surface area (Å²) < 4.78 is 38.1. The number of halogens is 2. The first-order valence-corrected chi connectivity index (χ1v) is 8.69. The summed E-state index contributed by atoms with van der Waals surface area (Å²) in [5.74, 6) is -1.17. The van der Waals surface area contributed by atoms with E-state index >= 15 is 0 Å². The van der Waals surface area contributed by atoms with Crippen molar-refractivity contribution >= 4 is 37.7 Å². The molecule has 0 aromatic carbocycles. The predicted molar refractivity (Wildman–Crippen MR) is 73.7 cm³/mol. The largest absolute Gasteiger partial charge is 0.295 e. The normalized spacial score (nSPS) is 12.2. The molecule has 6 nitrogen and oxygen atoms in total. The zero-order valence-electron chi connectivity index (χ0n) is 10.5. The van der Waals surface area contributed by atoms with Gasteiger partial charge in [-0.25, -0.2) is 8.42 Å². The van der Waals surface area contributed by atoms with E-state index in [1.165, 1.54) is 0 Å². The summed E-state index contributed by atoms with van der Waals surface area (Å²) in [5, 5.41) is 2.95. The minimum atomic E-state index is -3.60. The molecular formula is C10H11ClFN3O3S2. The Hall–Kier alpha value is -1.06. The van der Waals surface area contributed by atoms with Crippen molar-refractivity contribution in [3.8, 4) is 0 Å². The van der Waals surface area contributed by atoms with Gasteiger partial charge in [0, 0.05) is 0 Å². The van der Waals surface area contributed by atoms with E-state index in [1.807, 2.05) is 6.92 Å². The average molecular weight is 340 g/mol. The van der Waals surface area contributed by atoms with Gasteiger partial charge in [-0.15, -0.1) is 5.10 Å². The molecule has 0 N–H and O–H groups in total. The van der Waals surface area contributed by atoms with Crippen LogP contribution in [0.4, 0.5) is 4.39 Å². The smallest absolute Gasteiger partial charge is 0.265 e. The lowest BCUT2D eigenvalue weighted by Gasteiger charge is -1.98. The Morgan fingerprint density at radius 2 is 2.10 bits per heavy atom. The van der Waals surface area contributed by atoms with Crippen molar-refractivity contribution in [3.05, 3.63) is 21.3 Å². The third-order valence-corrected chi connectivity index (χ3v) is 6.05. The summed E-state index contributed by atoms with van der Waals surface area (Å²) in [6.45, 7) is 1.96. The van der Waals surface area contributed by atoms with Gasteiger partial charge in [0.25, 0.3) is 5.56 Å². The van der Waals surface area contributed by atoms with Crippen molar-refractivity contribution in [2.45, 2.75) is 30.5 Å². The minimum absolute atomic E-state index is 0.0686. The van der Waals surface area contributed by atoms with E-state index in [9.17, 15) is 17.6 Å². The number of hydrogen-bond donors (Lipinski definition) is 0. The van der Waals surface area contributed by atoms with Crippen LogP contribution < -0.4 is 5.56 Å². The van der Waals surface area contributed by atoms with Gasteiger partial charge in [0.1, 0.15) is 0 Å². The molecule has 0 aliphatic carbocycles. The minimum Gasteiger partial charge on any atom is -0.265 e. The molecule has 0 atom stereocenters. The second-order valence-electron chi connectivity index (χ2n) is 4.11. The number of fused-ring (bicyclic) bond motifs is 1. The van der Waals surface area contributed by atoms with Gasteiger partial charge in [-0.2, -0.15) is 13.9 Å². The Bertz CT molecular complexity index is 800. The van der Waals surface area contributed by atoms with Crippen molar-refractivity contribution < 1.29 is 12.8 Å². The fourth-order valence-corrected chi connectivity index (χ4v) is 4.22. The maximum atomic E-state index is 13.7. The van der Waals surface area contributed by atoms with Crippen molar-refractivity contribution in [2.24, 2.45) is 0 Å². The molecule has 0 unspecified atom stereocenters. The summed E-state index contributed by atoms with van der Waals surface area (Å²) >= 11 is 6.08. The van der Waals surface area contributed by atoms with E-state index < -0.39 is 26.4 Å². The van der Waals surface area contributed by atoms with Crippen molar-refractivity contribution in [1.29, 1.82) is 0 Å². The molecule has 0 fully saturated rings. The van der Waals surface area contributed by atoms with E-state index in [-0.39, 0.29) is 15.1 Å². The molecule has 2 aromatic rings. The molecule has 10 heteroatoms. The van der Waals surface area contributed by atoms with Crippen LogP contribution >= 0.6 is 22.9 Å². The predicted octanol–water partition coefficient (Wildman–Crippen LogP) is 1.91. The molecule has 2 rings (SSSR count). The van der Waals surface area contributed by atoms with Crippen molar-refractivity contribution in [1.82, 2.24) is 14.6 Å². The molecule has 0 aliphatic rings. The molecule has 0 amide bonds. The zero-order chi connectivity index (χ0) is 14.9. The van der Waals surface area contributed by atoms with E-state index in [0.717, 1.165) is 12.8 Å². The molecule has 0 bridgehead atoms. The first-order chi connectivity index (χ1) is 9.36. The quantitative estimate of drug-likeness (QED) is 0.614. The van der Waals surface area contributed by atoms with Crippen LogP contribution in [0.5, 0.6) is 0 Å². The van der Waals surface area contributed by atoms with Crippen LogP contribution in [-0.4, -0.2) is 28.8 Å². The number of hydrogen-bond acceptors (Lipinski definition) is 6. The number of sulfone groups is 1. The first-order valence-electron chi connectivity index (χ1n) is 5.84. The second-order valence-corrected chi connectivity index (χ2v) is 7.73. The maximum Gasteiger partial charge on any atom is 0.295 e. The van der Waals surface area contributed by atoms with Gasteiger partial charge in [0.15, 0.2) is 5.02 Å². The van der Waals surface area contributed by atoms with Crippen LogP contribution in [0.2, 0.25) is 5.02 Å². The van der Waals surface area contributed by atoms with Crippen LogP contribution in [0.1, 0.15) is 26.2 Å². The summed E-state index contributed by atoms with van der Waals surface area (Å²) in [5.41, 5.74) is -0.942. The lowest BCUT2D eigenvalue weighted by atomic mass is 10.3. The molecule has 110 valence electrons. The Kier molecular flexibility index (Phi) is 4.40. The number of aromatic nitrogens is 3. The molecular weight excluding hydrogens is 329 g/mol. The molecule has 0 radical (unpaired) electrons. The van der Waals surface area contributed by atoms with Gasteiger partial charge >= 0.3 is 0 Å². The van der Waals surface area contributed by atoms with E-state index in [4.69, 9.17) is 11.6 Å². The molecule has 20 heavy (non-hydrogen) atoms. The lowest BCUT2D eigenvalue weighted by molar-refractivity contribution is 0.532. The van der Waals surface area contributed by atoms with Crippen LogP contribution in [0.15, 0.2) is 9.13 Å². The SMILES string of the molecule is CCCCCS(=O)(=O)c1nn2c(F)c(Cl)c(=O)nc2s1. The Morgan fingerprint density at radius 1 is 1.40 bits per heavy atom. The van der Waals surface area contributed by atoms with Gasteiger partial charge < -0.3 is 0 Å². The fraction of sp³-hybridized carbons (Fsp3) is 0.500. The van der Waals surface area contributed by atoms with Gasteiger partial charge in [0.05, 0.1) is 5.75 Å². The highest BCUT2D eigenvalue weighted by Crippen LogP contribution is 2.21. The van der Waals surface area contributed by atoms with Crippen LogP contribution in [0.3, 0.4) is 0 Å². The highest BCUT2D eigenvalue weighted by molar-refractivity contribution is 7.93. The van der Waals surface area contributed by atoms with Gasteiger partial charge in [-0.3, -0.25) is 4.79 Å². The Morgan fingerprint density at radius 3 is 2.75 bits per heavy atom. The van der Waals surface area contributed by atoms with Crippen molar-refractivity contribution in [3.63, 3.8) is 0 Å². The summed E-state index contributed by atoms with van der Waals surface area (Å²) in [6, 6.07) is 0. The van der Waals surface area contributed by atoms with E-state index in [0.29, 0.717) is 22.3 Å². The second kappa shape index (κ2) is 5.74. The molecule has 2 heterocycles. The Labute approximate surface area is 123 Å². The van der Waals surface area contributed by atoms with E-state index in [2.05, 4.69) is 10.1 Å². The highest BCUT2D eigenvalue weighted by Gasteiger charge is 2.22. The summed E-state index contributed by atoms with van der Waals surface area (Å²) in [4.78, 5) is 14.6. The zero-order valence-corrected chi connectivity index (χ0v) is 12.9. The monoisotopic (exact) mass is 339 g/mol. The Balaban J connectivity index is 2.47. The molecule has 0 saturated carbocycles. The fourth-order valence-electron chi connectivity index (χ4n) is 1.54. The van der Waals surface area contributed by atoms with E-state index in [1.54, 1.807) is 0 Å². The third kappa shape index (κ3) is 2.84. The summed E-state index contributed by atoms with van der Waals surface area (Å²) in [6.07, 6.45) is 2.17.